The highest BCUT2D eigenvalue weighted by atomic mass is 35.5. The lowest BCUT2D eigenvalue weighted by atomic mass is 9.94. The van der Waals surface area contributed by atoms with E-state index in [1.165, 1.54) is 11.1 Å². The van der Waals surface area contributed by atoms with Crippen LogP contribution in [0.1, 0.15) is 34.1 Å². The summed E-state index contributed by atoms with van der Waals surface area (Å²) >= 11 is 0. The maximum absolute atomic E-state index is 12.3. The fourth-order valence-electron chi connectivity index (χ4n) is 3.59. The molecule has 0 spiro atoms. The summed E-state index contributed by atoms with van der Waals surface area (Å²) in [4.78, 5) is 24.5. The Morgan fingerprint density at radius 1 is 1.07 bits per heavy atom. The Kier molecular flexibility index (Phi) is 6.85. The van der Waals surface area contributed by atoms with Gasteiger partial charge in [-0.3, -0.25) is 14.7 Å². The summed E-state index contributed by atoms with van der Waals surface area (Å²) in [5, 5.41) is 16.8. The number of rotatable bonds is 6. The zero-order chi connectivity index (χ0) is 19.3. The fourth-order valence-corrected chi connectivity index (χ4v) is 3.59. The van der Waals surface area contributed by atoms with Crippen LogP contribution < -0.4 is 16.0 Å². The molecule has 8 heteroatoms. The number of halogens is 1. The molecule has 7 nitrogen and oxygen atoms in total. The molecule has 0 fully saturated rings. The van der Waals surface area contributed by atoms with Gasteiger partial charge in [-0.2, -0.15) is 5.10 Å². The van der Waals surface area contributed by atoms with Crippen molar-refractivity contribution in [2.45, 2.75) is 18.9 Å². The van der Waals surface area contributed by atoms with E-state index >= 15 is 0 Å². The summed E-state index contributed by atoms with van der Waals surface area (Å²) in [7, 11) is 0. The Bertz CT molecular complexity index is 1000. The van der Waals surface area contributed by atoms with E-state index in [4.69, 9.17) is 0 Å². The average Bonchev–Trinajstić information content (AvgIpc) is 3.16. The van der Waals surface area contributed by atoms with Crippen LogP contribution in [0, 0.1) is 0 Å². The van der Waals surface area contributed by atoms with Crippen LogP contribution in [0.25, 0.3) is 10.9 Å². The van der Waals surface area contributed by atoms with Gasteiger partial charge >= 0.3 is 0 Å². The molecule has 1 aliphatic rings. The number of fused-ring (bicyclic) bond motifs is 2. The lowest BCUT2D eigenvalue weighted by molar-refractivity contribution is -0.121. The van der Waals surface area contributed by atoms with Crippen molar-refractivity contribution in [3.05, 3.63) is 65.4 Å². The van der Waals surface area contributed by atoms with Crippen molar-refractivity contribution in [2.24, 2.45) is 0 Å². The van der Waals surface area contributed by atoms with Crippen LogP contribution in [-0.4, -0.2) is 41.6 Å². The van der Waals surface area contributed by atoms with E-state index in [1.54, 1.807) is 0 Å². The predicted octanol–water partition coefficient (Wildman–Crippen LogP) is 2.11. The molecule has 2 aromatic carbocycles. The lowest BCUT2D eigenvalue weighted by Crippen LogP contribution is -2.39. The maximum Gasteiger partial charge on any atom is 0.272 e. The third-order valence-electron chi connectivity index (χ3n) is 5.04. The highest BCUT2D eigenvalue weighted by Gasteiger charge is 2.19. The topological polar surface area (TPSA) is 98.9 Å². The van der Waals surface area contributed by atoms with Gasteiger partial charge in [0.1, 0.15) is 0 Å². The summed E-state index contributed by atoms with van der Waals surface area (Å²) in [6.07, 6.45) is 1.23. The average molecular weight is 414 g/mol. The Balaban J connectivity index is 0.00000240. The van der Waals surface area contributed by atoms with Gasteiger partial charge in [-0.15, -0.1) is 12.4 Å². The van der Waals surface area contributed by atoms with Crippen LogP contribution in [0.5, 0.6) is 0 Å². The van der Waals surface area contributed by atoms with Crippen LogP contribution in [0.3, 0.4) is 0 Å². The summed E-state index contributed by atoms with van der Waals surface area (Å²) in [6, 6.07) is 15.9. The van der Waals surface area contributed by atoms with Crippen molar-refractivity contribution in [3.8, 4) is 0 Å². The molecule has 4 N–H and O–H groups in total. The molecule has 152 valence electrons. The standard InChI is InChI=1S/C21H23N5O2.ClH/c27-19(24-13-18-15-6-2-1-5-14(15)9-11-22-18)10-12-23-21(28)20-16-7-3-4-8-17(16)25-26-20;/h1-8,18,22H,9-13H2,(H,23,28)(H,24,27)(H,25,26);1H. The predicted molar refractivity (Wildman–Crippen MR) is 114 cm³/mol. The SMILES string of the molecule is Cl.O=C(CCNC(=O)c1n[nH]c2ccccc12)NCC1NCCc2ccccc21. The molecular weight excluding hydrogens is 390 g/mol. The Labute approximate surface area is 175 Å². The van der Waals surface area contributed by atoms with Crippen LogP contribution >= 0.6 is 12.4 Å². The second kappa shape index (κ2) is 9.54. The third-order valence-corrected chi connectivity index (χ3v) is 5.04. The van der Waals surface area contributed by atoms with Crippen LogP contribution in [0.15, 0.2) is 48.5 Å². The zero-order valence-corrected chi connectivity index (χ0v) is 16.7. The molecule has 0 saturated heterocycles. The van der Waals surface area contributed by atoms with Gasteiger partial charge in [-0.1, -0.05) is 42.5 Å². The number of hydrogen-bond acceptors (Lipinski definition) is 4. The molecule has 0 aliphatic carbocycles. The molecule has 1 aliphatic heterocycles. The van der Waals surface area contributed by atoms with Crippen LogP contribution in [-0.2, 0) is 11.2 Å². The third kappa shape index (κ3) is 4.75. The number of benzene rings is 2. The van der Waals surface area contributed by atoms with Gasteiger partial charge in [0.25, 0.3) is 5.91 Å². The van der Waals surface area contributed by atoms with Crippen LogP contribution in [0.4, 0.5) is 0 Å². The molecule has 0 radical (unpaired) electrons. The van der Waals surface area contributed by atoms with Crippen LogP contribution in [0.2, 0.25) is 0 Å². The van der Waals surface area contributed by atoms with E-state index in [9.17, 15) is 9.59 Å². The maximum atomic E-state index is 12.3. The minimum Gasteiger partial charge on any atom is -0.354 e. The second-order valence-electron chi connectivity index (χ2n) is 6.88. The number of aromatic nitrogens is 2. The normalized spacial score (nSPS) is 15.2. The molecule has 1 unspecified atom stereocenters. The summed E-state index contributed by atoms with van der Waals surface area (Å²) in [5.74, 6) is -0.370. The quantitative estimate of drug-likeness (QED) is 0.497. The summed E-state index contributed by atoms with van der Waals surface area (Å²) in [6.45, 7) is 1.71. The number of nitrogens with zero attached hydrogens (tertiary/aromatic N) is 1. The molecule has 2 amide bonds. The van der Waals surface area contributed by atoms with E-state index in [2.05, 4.69) is 38.3 Å². The van der Waals surface area contributed by atoms with Gasteiger partial charge in [-0.25, -0.2) is 0 Å². The van der Waals surface area contributed by atoms with E-state index in [0.29, 0.717) is 12.2 Å². The first-order valence-electron chi connectivity index (χ1n) is 9.51. The molecule has 3 aromatic rings. The Morgan fingerprint density at radius 2 is 1.86 bits per heavy atom. The molecule has 29 heavy (non-hydrogen) atoms. The molecule has 2 heterocycles. The number of carbonyl (C=O) groups excluding carboxylic acids is 2. The minimum atomic E-state index is -0.284. The van der Waals surface area contributed by atoms with Crippen molar-refractivity contribution in [3.63, 3.8) is 0 Å². The van der Waals surface area contributed by atoms with Crippen molar-refractivity contribution < 1.29 is 9.59 Å². The first kappa shape index (κ1) is 20.8. The highest BCUT2D eigenvalue weighted by molar-refractivity contribution is 6.04. The smallest absolute Gasteiger partial charge is 0.272 e. The number of carbonyl (C=O) groups is 2. The number of amides is 2. The van der Waals surface area contributed by atoms with Gasteiger partial charge < -0.3 is 16.0 Å². The van der Waals surface area contributed by atoms with Crippen molar-refractivity contribution in [1.82, 2.24) is 26.1 Å². The van der Waals surface area contributed by atoms with E-state index in [1.807, 2.05) is 36.4 Å². The van der Waals surface area contributed by atoms with Crippen molar-refractivity contribution >= 4 is 35.1 Å². The number of aromatic amines is 1. The first-order chi connectivity index (χ1) is 13.7. The molecular formula is C21H24ClN5O2. The lowest BCUT2D eigenvalue weighted by Gasteiger charge is -2.27. The van der Waals surface area contributed by atoms with Gasteiger partial charge in [-0.05, 0) is 30.2 Å². The molecule has 0 bridgehead atoms. The van der Waals surface area contributed by atoms with Crippen molar-refractivity contribution in [1.29, 1.82) is 0 Å². The molecule has 0 saturated carbocycles. The summed E-state index contributed by atoms with van der Waals surface area (Å²) in [5.41, 5.74) is 3.73. The number of para-hydroxylation sites is 1. The minimum absolute atomic E-state index is 0. The van der Waals surface area contributed by atoms with Gasteiger partial charge in [0, 0.05) is 30.9 Å². The zero-order valence-electron chi connectivity index (χ0n) is 15.9. The Hall–Kier alpha value is -2.90. The summed E-state index contributed by atoms with van der Waals surface area (Å²) < 4.78 is 0. The van der Waals surface area contributed by atoms with Crippen molar-refractivity contribution in [2.75, 3.05) is 19.6 Å². The van der Waals surface area contributed by atoms with Gasteiger partial charge in [0.05, 0.1) is 5.52 Å². The van der Waals surface area contributed by atoms with Gasteiger partial charge in [0.2, 0.25) is 5.91 Å². The fraction of sp³-hybridized carbons (Fsp3) is 0.286. The number of hydrogen-bond donors (Lipinski definition) is 4. The molecule has 1 aromatic heterocycles. The van der Waals surface area contributed by atoms with E-state index in [0.717, 1.165) is 23.9 Å². The largest absolute Gasteiger partial charge is 0.354 e. The monoisotopic (exact) mass is 413 g/mol. The number of H-pyrrole nitrogens is 1. The van der Waals surface area contributed by atoms with Gasteiger partial charge in [0.15, 0.2) is 5.69 Å². The van der Waals surface area contributed by atoms with E-state index < -0.39 is 0 Å². The second-order valence-corrected chi connectivity index (χ2v) is 6.88. The Morgan fingerprint density at radius 3 is 2.76 bits per heavy atom. The first-order valence-corrected chi connectivity index (χ1v) is 9.51. The number of nitrogens with one attached hydrogen (secondary N) is 4. The highest BCUT2D eigenvalue weighted by Crippen LogP contribution is 2.21. The molecule has 1 atom stereocenters. The molecule has 4 rings (SSSR count). The van der Waals surface area contributed by atoms with E-state index in [-0.39, 0.29) is 43.2 Å².